The van der Waals surface area contributed by atoms with Gasteiger partial charge in [-0.15, -0.1) is 0 Å². The van der Waals surface area contributed by atoms with E-state index in [1.807, 2.05) is 12.1 Å². The van der Waals surface area contributed by atoms with Crippen molar-refractivity contribution in [2.24, 2.45) is 0 Å². The summed E-state index contributed by atoms with van der Waals surface area (Å²) in [5.74, 6) is 0.691. The van der Waals surface area contributed by atoms with Crippen molar-refractivity contribution >= 4 is 8.60 Å². The molecule has 4 heteroatoms. The molecule has 0 aliphatic carbocycles. The molecule has 1 rings (SSSR count). The molecule has 0 amide bonds. The van der Waals surface area contributed by atoms with Crippen LogP contribution in [0.25, 0.3) is 0 Å². The molecule has 0 aliphatic heterocycles. The molecule has 3 nitrogen and oxygen atoms in total. The quantitative estimate of drug-likeness (QED) is 0.829. The smallest absolute Gasteiger partial charge is 0.394 e. The van der Waals surface area contributed by atoms with Gasteiger partial charge in [-0.05, 0) is 22.5 Å². The molecule has 0 saturated carbocycles. The molecule has 0 aromatic heterocycles. The highest BCUT2D eigenvalue weighted by molar-refractivity contribution is 7.41. The minimum Gasteiger partial charge on any atom is -0.427 e. The molecule has 1 atom stereocenters. The fraction of sp³-hybridized carbons (Fsp3) is 0.600. The fourth-order valence-electron chi connectivity index (χ4n) is 1.78. The molecule has 0 radical (unpaired) electrons. The molecule has 1 N–H and O–H groups in total. The van der Waals surface area contributed by atoms with Gasteiger partial charge in [-0.25, -0.2) is 0 Å². The summed E-state index contributed by atoms with van der Waals surface area (Å²) < 4.78 is 10.3. The maximum absolute atomic E-state index is 9.55. The predicted octanol–water partition coefficient (Wildman–Crippen LogP) is 4.53. The van der Waals surface area contributed by atoms with Crippen LogP contribution in [0.1, 0.15) is 52.7 Å². The maximum atomic E-state index is 9.55. The lowest BCUT2D eigenvalue weighted by Crippen LogP contribution is -2.17. The third kappa shape index (κ3) is 4.45. The summed E-state index contributed by atoms with van der Waals surface area (Å²) in [7, 11) is -0.419. The molecule has 108 valence electrons. The highest BCUT2D eigenvalue weighted by Crippen LogP contribution is 2.41. The van der Waals surface area contributed by atoms with Crippen molar-refractivity contribution in [1.29, 1.82) is 0 Å². The molecule has 1 unspecified atom stereocenters. The van der Waals surface area contributed by atoms with E-state index >= 15 is 0 Å². The monoisotopic (exact) mass is 284 g/mol. The molecular formula is C15H25O3P. The van der Waals surface area contributed by atoms with Crippen molar-refractivity contribution in [3.8, 4) is 5.75 Å². The Bertz CT molecular complexity index is 430. The van der Waals surface area contributed by atoms with Crippen molar-refractivity contribution in [1.82, 2.24) is 0 Å². The number of hydrogen-bond acceptors (Lipinski definition) is 3. The third-order valence-electron chi connectivity index (χ3n) is 2.99. The molecule has 1 aromatic rings. The van der Waals surface area contributed by atoms with E-state index in [1.54, 1.807) is 0 Å². The van der Waals surface area contributed by atoms with E-state index in [0.29, 0.717) is 5.75 Å². The lowest BCUT2D eigenvalue weighted by Gasteiger charge is -2.27. The van der Waals surface area contributed by atoms with Crippen LogP contribution in [0.15, 0.2) is 18.2 Å². The Labute approximate surface area is 117 Å². The van der Waals surface area contributed by atoms with E-state index in [4.69, 9.17) is 9.05 Å². The highest BCUT2D eigenvalue weighted by Gasteiger charge is 2.24. The van der Waals surface area contributed by atoms with Crippen molar-refractivity contribution in [3.63, 3.8) is 0 Å². The van der Waals surface area contributed by atoms with Crippen LogP contribution in [0, 0.1) is 0 Å². The topological polar surface area (TPSA) is 38.7 Å². The fourth-order valence-corrected chi connectivity index (χ4v) is 2.19. The van der Waals surface area contributed by atoms with Gasteiger partial charge in [0.25, 0.3) is 0 Å². The van der Waals surface area contributed by atoms with Gasteiger partial charge >= 0.3 is 8.60 Å². The summed E-state index contributed by atoms with van der Waals surface area (Å²) in [6.45, 7) is 13.0. The third-order valence-corrected chi connectivity index (χ3v) is 3.65. The second kappa shape index (κ2) is 5.78. The first-order valence-corrected chi connectivity index (χ1v) is 7.55. The summed E-state index contributed by atoms with van der Waals surface area (Å²) in [6, 6.07) is 6.13. The Hall–Kier alpha value is -0.630. The van der Waals surface area contributed by atoms with Crippen LogP contribution >= 0.6 is 8.60 Å². The van der Waals surface area contributed by atoms with Crippen molar-refractivity contribution in [3.05, 3.63) is 29.3 Å². The maximum Gasteiger partial charge on any atom is 0.394 e. The van der Waals surface area contributed by atoms with E-state index in [9.17, 15) is 4.89 Å². The zero-order valence-electron chi connectivity index (χ0n) is 12.9. The average Bonchev–Trinajstić information content (AvgIpc) is 2.26. The van der Waals surface area contributed by atoms with Crippen LogP contribution < -0.4 is 4.52 Å². The van der Waals surface area contributed by atoms with Crippen molar-refractivity contribution < 1.29 is 13.9 Å². The SMILES string of the molecule is COP(O)Oc1ccc(C(C)(C)C)cc1C(C)(C)C. The summed E-state index contributed by atoms with van der Waals surface area (Å²) in [5.41, 5.74) is 2.37. The van der Waals surface area contributed by atoms with Gasteiger partial charge in [0.1, 0.15) is 5.75 Å². The largest absolute Gasteiger partial charge is 0.427 e. The minimum absolute atomic E-state index is 0.0551. The molecule has 0 fully saturated rings. The number of rotatable bonds is 3. The van der Waals surface area contributed by atoms with Crippen LogP contribution in [0.3, 0.4) is 0 Å². The highest BCUT2D eigenvalue weighted by atomic mass is 31.2. The van der Waals surface area contributed by atoms with Crippen LogP contribution in [-0.2, 0) is 15.4 Å². The molecule has 19 heavy (non-hydrogen) atoms. The van der Waals surface area contributed by atoms with Crippen molar-refractivity contribution in [2.75, 3.05) is 7.11 Å². The minimum atomic E-state index is -1.86. The second-order valence-corrected chi connectivity index (χ2v) is 7.75. The van der Waals surface area contributed by atoms with Crippen LogP contribution in [0.2, 0.25) is 0 Å². The van der Waals surface area contributed by atoms with Crippen LogP contribution in [-0.4, -0.2) is 12.0 Å². The molecule has 0 bridgehead atoms. The average molecular weight is 284 g/mol. The van der Waals surface area contributed by atoms with E-state index in [0.717, 1.165) is 5.56 Å². The van der Waals surface area contributed by atoms with Gasteiger partial charge in [-0.2, -0.15) is 0 Å². The Balaban J connectivity index is 3.26. The molecular weight excluding hydrogens is 259 g/mol. The Morgan fingerprint density at radius 1 is 1.00 bits per heavy atom. The molecule has 0 saturated heterocycles. The van der Waals surface area contributed by atoms with E-state index in [1.165, 1.54) is 12.7 Å². The van der Waals surface area contributed by atoms with Gasteiger partial charge in [-0.1, -0.05) is 53.7 Å². The van der Waals surface area contributed by atoms with Crippen LogP contribution in [0.5, 0.6) is 5.75 Å². The summed E-state index contributed by atoms with van der Waals surface area (Å²) in [5, 5.41) is 0. The lowest BCUT2D eigenvalue weighted by atomic mass is 9.80. The van der Waals surface area contributed by atoms with Gasteiger partial charge < -0.3 is 13.9 Å². The Kier molecular flexibility index (Phi) is 5.00. The van der Waals surface area contributed by atoms with E-state index in [-0.39, 0.29) is 10.8 Å². The second-order valence-electron chi connectivity index (χ2n) is 6.72. The first kappa shape index (κ1) is 16.4. The van der Waals surface area contributed by atoms with Gasteiger partial charge in [0, 0.05) is 12.7 Å². The van der Waals surface area contributed by atoms with Gasteiger partial charge in [0.05, 0.1) is 0 Å². The summed E-state index contributed by atoms with van der Waals surface area (Å²) in [4.78, 5) is 9.55. The molecule has 0 spiro atoms. The zero-order chi connectivity index (χ0) is 14.8. The van der Waals surface area contributed by atoms with E-state index < -0.39 is 8.60 Å². The Morgan fingerprint density at radius 2 is 1.58 bits per heavy atom. The molecule has 0 aliphatic rings. The molecule has 0 heterocycles. The summed E-state index contributed by atoms with van der Waals surface area (Å²) >= 11 is 0. The normalized spacial score (nSPS) is 14.3. The van der Waals surface area contributed by atoms with Gasteiger partial charge in [-0.3, -0.25) is 0 Å². The number of benzene rings is 1. The Morgan fingerprint density at radius 3 is 2.00 bits per heavy atom. The van der Waals surface area contributed by atoms with Crippen molar-refractivity contribution in [2.45, 2.75) is 52.4 Å². The first-order chi connectivity index (χ1) is 8.55. The first-order valence-electron chi connectivity index (χ1n) is 6.42. The van der Waals surface area contributed by atoms with E-state index in [2.05, 4.69) is 47.6 Å². The standard InChI is InChI=1S/C15H25O3P/c1-14(2,3)11-8-9-13(18-19(16)17-7)12(10-11)15(4,5)6/h8-10,16H,1-7H3. The predicted molar refractivity (Wildman–Crippen MR) is 80.6 cm³/mol. The van der Waals surface area contributed by atoms with Gasteiger partial charge in [0.15, 0.2) is 0 Å². The zero-order valence-corrected chi connectivity index (χ0v) is 13.8. The lowest BCUT2D eigenvalue weighted by molar-refractivity contribution is 0.314. The van der Waals surface area contributed by atoms with Gasteiger partial charge in [0.2, 0.25) is 0 Å². The summed E-state index contributed by atoms with van der Waals surface area (Å²) in [6.07, 6.45) is 0. The number of hydrogen-bond donors (Lipinski definition) is 1. The molecule has 1 aromatic carbocycles. The van der Waals surface area contributed by atoms with Crippen LogP contribution in [0.4, 0.5) is 0 Å².